The summed E-state index contributed by atoms with van der Waals surface area (Å²) in [5.41, 5.74) is 2.43. The molecule has 1 aromatic carbocycles. The Kier molecular flexibility index (Phi) is 7.88. The monoisotopic (exact) mass is 578 g/mol. The van der Waals surface area contributed by atoms with Crippen LogP contribution in [0.3, 0.4) is 0 Å². The molecule has 2 saturated heterocycles. The summed E-state index contributed by atoms with van der Waals surface area (Å²) >= 11 is 0. The van der Waals surface area contributed by atoms with Gasteiger partial charge in [-0.25, -0.2) is 22.2 Å². The van der Waals surface area contributed by atoms with E-state index in [0.29, 0.717) is 34.0 Å². The number of hydrogen-bond donors (Lipinski definition) is 2. The molecule has 0 radical (unpaired) electrons. The average Bonchev–Trinajstić information content (AvgIpc) is 3.65. The predicted octanol–water partition coefficient (Wildman–Crippen LogP) is 4.04. The van der Waals surface area contributed by atoms with Crippen LogP contribution >= 0.6 is 0 Å². The molecule has 2 aliphatic heterocycles. The first-order valence-electron chi connectivity index (χ1n) is 13.6. The second-order valence-corrected chi connectivity index (χ2v) is 13.0. The topological polar surface area (TPSA) is 117 Å². The van der Waals surface area contributed by atoms with Crippen molar-refractivity contribution in [1.29, 1.82) is 0 Å². The molecule has 13 heteroatoms. The highest BCUT2D eigenvalue weighted by atomic mass is 32.2. The molecular weight excluding hydrogens is 542 g/mol. The molecule has 1 saturated carbocycles. The van der Waals surface area contributed by atoms with Gasteiger partial charge in [-0.2, -0.15) is 4.98 Å². The minimum absolute atomic E-state index is 0.0665. The quantitative estimate of drug-likeness (QED) is 0.458. The number of rotatable bonds is 9. The number of anilines is 4. The number of aryl methyl sites for hydroxylation is 1. The lowest BCUT2D eigenvalue weighted by molar-refractivity contribution is -0.0222. The van der Waals surface area contributed by atoms with Crippen molar-refractivity contribution >= 4 is 39.1 Å². The van der Waals surface area contributed by atoms with Gasteiger partial charge in [0.1, 0.15) is 5.82 Å². The lowest BCUT2D eigenvalue weighted by atomic mass is 9.93. The van der Waals surface area contributed by atoms with Crippen molar-refractivity contribution in [3.05, 3.63) is 35.5 Å². The number of piperidine rings is 2. The van der Waals surface area contributed by atoms with Gasteiger partial charge in [0.2, 0.25) is 16.0 Å². The fourth-order valence-electron chi connectivity index (χ4n) is 5.35. The van der Waals surface area contributed by atoms with Crippen molar-refractivity contribution in [3.63, 3.8) is 0 Å². The third-order valence-electron chi connectivity index (χ3n) is 8.06. The van der Waals surface area contributed by atoms with Gasteiger partial charge in [-0.1, -0.05) is 0 Å². The average molecular weight is 579 g/mol. The van der Waals surface area contributed by atoms with Gasteiger partial charge in [-0.05, 0) is 56.2 Å². The van der Waals surface area contributed by atoms with E-state index in [4.69, 9.17) is 4.74 Å². The number of amides is 1. The number of alkyl halides is 2. The Labute approximate surface area is 233 Å². The molecular formula is C27H36F2N6O4S. The van der Waals surface area contributed by atoms with Gasteiger partial charge < -0.3 is 19.9 Å². The fraction of sp³-hybridized carbons (Fsp3) is 0.593. The van der Waals surface area contributed by atoms with Crippen molar-refractivity contribution in [1.82, 2.24) is 9.97 Å². The molecule has 40 heavy (non-hydrogen) atoms. The highest BCUT2D eigenvalue weighted by Crippen LogP contribution is 2.54. The van der Waals surface area contributed by atoms with E-state index in [9.17, 15) is 22.0 Å². The van der Waals surface area contributed by atoms with Gasteiger partial charge in [-0.3, -0.25) is 9.52 Å². The molecule has 1 spiro atoms. The number of methoxy groups -OCH3 is 1. The molecule has 3 aliphatic rings. The van der Waals surface area contributed by atoms with Crippen LogP contribution in [0.4, 0.5) is 31.9 Å². The third kappa shape index (κ3) is 6.80. The normalized spacial score (nSPS) is 19.9. The first kappa shape index (κ1) is 28.5. The van der Waals surface area contributed by atoms with E-state index in [1.54, 1.807) is 36.1 Å². The number of hydrogen-bond acceptors (Lipinski definition) is 8. The van der Waals surface area contributed by atoms with Gasteiger partial charge in [0.25, 0.3) is 11.8 Å². The Balaban J connectivity index is 1.38. The summed E-state index contributed by atoms with van der Waals surface area (Å²) < 4.78 is 59.8. The number of carbonyl (C=O) groups is 1. The number of sulfonamides is 1. The summed E-state index contributed by atoms with van der Waals surface area (Å²) in [6.07, 6.45) is 3.99. The number of halogens is 2. The molecule has 3 fully saturated rings. The van der Waals surface area contributed by atoms with E-state index < -0.39 is 21.9 Å². The summed E-state index contributed by atoms with van der Waals surface area (Å²) in [6.45, 7) is 3.64. The van der Waals surface area contributed by atoms with E-state index in [-0.39, 0.29) is 44.1 Å². The molecule has 1 aliphatic carbocycles. The predicted molar refractivity (Wildman–Crippen MR) is 150 cm³/mol. The van der Waals surface area contributed by atoms with Gasteiger partial charge >= 0.3 is 0 Å². The first-order valence-corrected chi connectivity index (χ1v) is 15.3. The summed E-state index contributed by atoms with van der Waals surface area (Å²) in [7, 11) is -2.18. The molecule has 2 aromatic rings. The molecule has 2 N–H and O–H groups in total. The van der Waals surface area contributed by atoms with Crippen molar-refractivity contribution < 1.29 is 26.7 Å². The van der Waals surface area contributed by atoms with Crippen LogP contribution in [0.1, 0.15) is 54.6 Å². The zero-order valence-corrected chi connectivity index (χ0v) is 23.7. The van der Waals surface area contributed by atoms with Crippen LogP contribution in [0.15, 0.2) is 24.3 Å². The summed E-state index contributed by atoms with van der Waals surface area (Å²) in [5, 5.41) is 2.85. The smallest absolute Gasteiger partial charge is 0.258 e. The number of nitrogens with zero attached hydrogens (tertiary/aromatic N) is 4. The maximum atomic E-state index is 13.7. The molecule has 218 valence electrons. The van der Waals surface area contributed by atoms with Crippen LogP contribution in [0.25, 0.3) is 0 Å². The van der Waals surface area contributed by atoms with Crippen molar-refractivity contribution in [2.45, 2.75) is 51.4 Å². The van der Waals surface area contributed by atoms with Gasteiger partial charge in [0.05, 0.1) is 29.3 Å². The largest absolute Gasteiger partial charge is 0.384 e. The zero-order chi connectivity index (χ0) is 28.5. The Hall–Kier alpha value is -3.06. The minimum atomic E-state index is -3.62. The second kappa shape index (κ2) is 11.1. The summed E-state index contributed by atoms with van der Waals surface area (Å²) in [5.74, 6) is -2.69. The Bertz CT molecular complexity index is 1350. The molecule has 10 nitrogen and oxygen atoms in total. The van der Waals surface area contributed by atoms with Gasteiger partial charge in [-0.15, -0.1) is 0 Å². The van der Waals surface area contributed by atoms with Crippen molar-refractivity contribution in [2.75, 3.05) is 65.5 Å². The molecule has 1 aromatic heterocycles. The van der Waals surface area contributed by atoms with E-state index in [0.717, 1.165) is 25.9 Å². The fourth-order valence-corrected chi connectivity index (χ4v) is 6.32. The SMILES string of the molecule is COCCS(=O)(=O)Nc1ccc(C(=O)Nc2cc(C)nc(N3CCC(F)(F)CC3)n2)c(N2CCC3(CC2)CC3)c1. The van der Waals surface area contributed by atoms with Crippen LogP contribution in [-0.2, 0) is 14.8 Å². The van der Waals surface area contributed by atoms with Crippen molar-refractivity contribution in [3.8, 4) is 0 Å². The molecule has 0 bridgehead atoms. The number of ether oxygens (including phenoxy) is 1. The molecule has 0 atom stereocenters. The highest BCUT2D eigenvalue weighted by molar-refractivity contribution is 7.92. The minimum Gasteiger partial charge on any atom is -0.384 e. The number of benzene rings is 1. The van der Waals surface area contributed by atoms with Crippen LogP contribution in [-0.4, -0.2) is 75.9 Å². The number of nitrogens with one attached hydrogen (secondary N) is 2. The number of carbonyl (C=O) groups excluding carboxylic acids is 1. The standard InChI is InChI=1S/C27H36F2N6O4S/c1-19-17-23(32-25(30-19)35-13-9-27(28,29)10-14-35)31-24(36)21-4-3-20(33-40(37,38)16-15-39-2)18-22(21)34-11-7-26(5-6-26)8-12-34/h3-4,17-18,33H,5-16H2,1-2H3,(H,30,31,32,36). The summed E-state index contributed by atoms with van der Waals surface area (Å²) in [4.78, 5) is 26.3. The van der Waals surface area contributed by atoms with Crippen LogP contribution in [0.2, 0.25) is 0 Å². The molecule has 1 amide bonds. The third-order valence-corrected chi connectivity index (χ3v) is 9.31. The van der Waals surface area contributed by atoms with E-state index >= 15 is 0 Å². The van der Waals surface area contributed by atoms with Crippen LogP contribution < -0.4 is 19.8 Å². The molecule has 0 unspecified atom stereocenters. The van der Waals surface area contributed by atoms with Crippen LogP contribution in [0.5, 0.6) is 0 Å². The van der Waals surface area contributed by atoms with E-state index in [2.05, 4.69) is 24.9 Å². The van der Waals surface area contributed by atoms with E-state index in [1.165, 1.54) is 20.0 Å². The molecule has 5 rings (SSSR count). The molecule has 3 heterocycles. The van der Waals surface area contributed by atoms with E-state index in [1.807, 2.05) is 0 Å². The maximum absolute atomic E-state index is 13.7. The first-order chi connectivity index (χ1) is 19.0. The Morgan fingerprint density at radius 1 is 1.00 bits per heavy atom. The van der Waals surface area contributed by atoms with Crippen molar-refractivity contribution in [2.24, 2.45) is 5.41 Å². The Morgan fingerprint density at radius 3 is 2.33 bits per heavy atom. The Morgan fingerprint density at radius 2 is 1.68 bits per heavy atom. The van der Waals surface area contributed by atoms with Crippen LogP contribution in [0, 0.1) is 12.3 Å². The number of aromatic nitrogens is 2. The summed E-state index contributed by atoms with van der Waals surface area (Å²) in [6, 6.07) is 6.52. The second-order valence-electron chi connectivity index (χ2n) is 11.1. The zero-order valence-electron chi connectivity index (χ0n) is 22.9. The maximum Gasteiger partial charge on any atom is 0.258 e. The van der Waals surface area contributed by atoms with Gasteiger partial charge in [0, 0.05) is 57.9 Å². The lowest BCUT2D eigenvalue weighted by Gasteiger charge is -2.35. The lowest BCUT2D eigenvalue weighted by Crippen LogP contribution is -2.40. The van der Waals surface area contributed by atoms with Gasteiger partial charge in [0.15, 0.2) is 0 Å². The highest BCUT2D eigenvalue weighted by Gasteiger charge is 2.44.